The Morgan fingerprint density at radius 3 is 0.944 bits per heavy atom. The van der Waals surface area contributed by atoms with E-state index in [-0.39, 0.29) is 0 Å². The zero-order valence-corrected chi connectivity index (χ0v) is 10.9. The van der Waals surface area contributed by atoms with Crippen molar-refractivity contribution >= 4 is 12.3 Å². The van der Waals surface area contributed by atoms with E-state index in [4.69, 9.17) is 30.0 Å². The van der Waals surface area contributed by atoms with Crippen molar-refractivity contribution in [1.29, 1.82) is 0 Å². The van der Waals surface area contributed by atoms with E-state index in [1.165, 1.54) is 11.1 Å². The van der Waals surface area contributed by atoms with Gasteiger partial charge in [0.25, 0.3) is 0 Å². The Kier molecular flexibility index (Phi) is 17.3. The minimum absolute atomic E-state index is 1.33. The molecule has 0 unspecified atom stereocenters. The smallest absolute Gasteiger partial charge is 0.450 e. The standard InChI is InChI=1S/C10H16.2CH2O3/c1-9(2)7-5-6-8-10(3)4;2*2-1(3)4/h5-8H,1-4H3;2*(H2,2,3,4)/b6-5+;;. The number of carbonyl (C=O) groups is 2. The zero-order valence-electron chi connectivity index (χ0n) is 10.9. The highest BCUT2D eigenvalue weighted by molar-refractivity contribution is 5.53. The Hall–Kier alpha value is -2.24. The van der Waals surface area contributed by atoms with Crippen LogP contribution in [0, 0.1) is 0 Å². The van der Waals surface area contributed by atoms with E-state index in [1.54, 1.807) is 0 Å². The van der Waals surface area contributed by atoms with Crippen LogP contribution in [-0.4, -0.2) is 32.7 Å². The third-order valence-corrected chi connectivity index (χ3v) is 0.970. The van der Waals surface area contributed by atoms with Crippen molar-refractivity contribution in [2.24, 2.45) is 0 Å². The second-order valence-corrected chi connectivity index (χ2v) is 3.44. The van der Waals surface area contributed by atoms with Crippen LogP contribution in [0.5, 0.6) is 0 Å². The van der Waals surface area contributed by atoms with Gasteiger partial charge < -0.3 is 20.4 Å². The molecular formula is C12H20O6. The van der Waals surface area contributed by atoms with Gasteiger partial charge in [0.1, 0.15) is 0 Å². The van der Waals surface area contributed by atoms with Gasteiger partial charge in [-0.2, -0.15) is 0 Å². The van der Waals surface area contributed by atoms with Gasteiger partial charge in [-0.25, -0.2) is 9.59 Å². The van der Waals surface area contributed by atoms with Crippen molar-refractivity contribution in [1.82, 2.24) is 0 Å². The predicted molar refractivity (Wildman–Crippen MR) is 69.3 cm³/mol. The number of allylic oxidation sites excluding steroid dienone is 6. The summed E-state index contributed by atoms with van der Waals surface area (Å²) in [7, 11) is 0. The molecule has 0 aromatic rings. The lowest BCUT2D eigenvalue weighted by Gasteiger charge is -1.82. The van der Waals surface area contributed by atoms with E-state index in [0.717, 1.165) is 0 Å². The molecule has 18 heavy (non-hydrogen) atoms. The van der Waals surface area contributed by atoms with Gasteiger partial charge in [0.2, 0.25) is 0 Å². The first-order chi connectivity index (χ1) is 8.09. The molecular weight excluding hydrogens is 240 g/mol. The van der Waals surface area contributed by atoms with Crippen LogP contribution in [0.4, 0.5) is 9.59 Å². The van der Waals surface area contributed by atoms with Gasteiger partial charge in [0.05, 0.1) is 0 Å². The maximum Gasteiger partial charge on any atom is 0.503 e. The maximum atomic E-state index is 8.56. The van der Waals surface area contributed by atoms with Crippen LogP contribution in [-0.2, 0) is 0 Å². The first-order valence-electron chi connectivity index (χ1n) is 4.88. The molecule has 6 heteroatoms. The maximum absolute atomic E-state index is 8.56. The minimum Gasteiger partial charge on any atom is -0.450 e. The second-order valence-electron chi connectivity index (χ2n) is 3.44. The molecule has 0 aromatic heterocycles. The molecule has 0 aliphatic carbocycles. The summed E-state index contributed by atoms with van der Waals surface area (Å²) in [5, 5.41) is 27.9. The lowest BCUT2D eigenvalue weighted by atomic mass is 10.3. The van der Waals surface area contributed by atoms with E-state index in [0.29, 0.717) is 0 Å². The molecule has 0 aromatic carbocycles. The lowest BCUT2D eigenvalue weighted by Crippen LogP contribution is -1.81. The summed E-state index contributed by atoms with van der Waals surface area (Å²) in [4.78, 5) is 17.1. The van der Waals surface area contributed by atoms with Gasteiger partial charge in [0.15, 0.2) is 0 Å². The van der Waals surface area contributed by atoms with Gasteiger partial charge in [-0.1, -0.05) is 35.5 Å². The fourth-order valence-electron chi connectivity index (χ4n) is 0.496. The summed E-state index contributed by atoms with van der Waals surface area (Å²) in [5.41, 5.74) is 2.66. The van der Waals surface area contributed by atoms with Crippen LogP contribution in [0.25, 0.3) is 0 Å². The molecule has 4 N–H and O–H groups in total. The summed E-state index contributed by atoms with van der Waals surface area (Å²) in [6, 6.07) is 0. The first kappa shape index (κ1) is 21.1. The van der Waals surface area contributed by atoms with Gasteiger partial charge in [-0.15, -0.1) is 0 Å². The van der Waals surface area contributed by atoms with Crippen molar-refractivity contribution in [3.8, 4) is 0 Å². The van der Waals surface area contributed by atoms with Gasteiger partial charge >= 0.3 is 12.3 Å². The SMILES string of the molecule is CC(C)=C/C=C/C=C(C)C.O=C(O)O.O=C(O)O. The lowest BCUT2D eigenvalue weighted by molar-refractivity contribution is 0.135. The van der Waals surface area contributed by atoms with Crippen LogP contribution in [0.2, 0.25) is 0 Å². The van der Waals surface area contributed by atoms with Crippen LogP contribution >= 0.6 is 0 Å². The van der Waals surface area contributed by atoms with Crippen LogP contribution in [0.1, 0.15) is 27.7 Å². The number of hydrogen-bond donors (Lipinski definition) is 4. The molecule has 0 saturated carbocycles. The van der Waals surface area contributed by atoms with E-state index < -0.39 is 12.3 Å². The molecule has 0 bridgehead atoms. The Labute approximate surface area is 106 Å². The third-order valence-electron chi connectivity index (χ3n) is 0.970. The van der Waals surface area contributed by atoms with Crippen molar-refractivity contribution in [2.75, 3.05) is 0 Å². The van der Waals surface area contributed by atoms with Crippen molar-refractivity contribution in [3.63, 3.8) is 0 Å². The molecule has 0 fully saturated rings. The van der Waals surface area contributed by atoms with Crippen molar-refractivity contribution < 1.29 is 30.0 Å². The molecule has 0 spiro atoms. The van der Waals surface area contributed by atoms with E-state index in [2.05, 4.69) is 52.0 Å². The van der Waals surface area contributed by atoms with Crippen molar-refractivity contribution in [3.05, 3.63) is 35.5 Å². The molecule has 0 atom stereocenters. The van der Waals surface area contributed by atoms with E-state index in [9.17, 15) is 0 Å². The molecule has 0 radical (unpaired) electrons. The van der Waals surface area contributed by atoms with Crippen molar-refractivity contribution in [2.45, 2.75) is 27.7 Å². The molecule has 6 nitrogen and oxygen atoms in total. The molecule has 0 heterocycles. The first-order valence-corrected chi connectivity index (χ1v) is 4.88. The fourth-order valence-corrected chi connectivity index (χ4v) is 0.496. The Morgan fingerprint density at radius 2 is 0.833 bits per heavy atom. The average Bonchev–Trinajstić information content (AvgIpc) is 2.09. The highest BCUT2D eigenvalue weighted by atomic mass is 16.6. The zero-order chi connectivity index (χ0) is 15.1. The monoisotopic (exact) mass is 260 g/mol. The topological polar surface area (TPSA) is 115 Å². The van der Waals surface area contributed by atoms with E-state index >= 15 is 0 Å². The molecule has 0 rings (SSSR count). The summed E-state index contributed by atoms with van der Waals surface area (Å²) < 4.78 is 0. The second kappa shape index (κ2) is 14.8. The van der Waals surface area contributed by atoms with E-state index in [1.807, 2.05) is 0 Å². The van der Waals surface area contributed by atoms with Gasteiger partial charge in [-0.3, -0.25) is 0 Å². The van der Waals surface area contributed by atoms with Gasteiger partial charge in [0, 0.05) is 0 Å². The molecule has 0 saturated heterocycles. The number of carboxylic acid groups (broad SMARTS) is 4. The summed E-state index contributed by atoms with van der Waals surface area (Å²) in [5.74, 6) is 0. The highest BCUT2D eigenvalue weighted by Gasteiger charge is 1.71. The van der Waals surface area contributed by atoms with Crippen LogP contribution in [0.15, 0.2) is 35.5 Å². The predicted octanol–water partition coefficient (Wildman–Crippen LogP) is 3.92. The van der Waals surface area contributed by atoms with Crippen LogP contribution < -0.4 is 0 Å². The normalized spacial score (nSPS) is 8.00. The molecule has 0 aliphatic rings. The molecule has 104 valence electrons. The molecule has 0 amide bonds. The number of rotatable bonds is 2. The summed E-state index contributed by atoms with van der Waals surface area (Å²) in [6.07, 6.45) is 4.64. The quantitative estimate of drug-likeness (QED) is 0.559. The molecule has 0 aliphatic heterocycles. The average molecular weight is 260 g/mol. The fraction of sp³-hybridized carbons (Fsp3) is 0.333. The Bertz CT molecular complexity index is 277. The Balaban J connectivity index is -0.000000233. The largest absolute Gasteiger partial charge is 0.503 e. The number of hydrogen-bond acceptors (Lipinski definition) is 2. The summed E-state index contributed by atoms with van der Waals surface area (Å²) in [6.45, 7) is 8.36. The third kappa shape index (κ3) is 98.9. The van der Waals surface area contributed by atoms with Gasteiger partial charge in [-0.05, 0) is 27.7 Å². The Morgan fingerprint density at radius 1 is 0.667 bits per heavy atom. The summed E-state index contributed by atoms with van der Waals surface area (Å²) >= 11 is 0. The minimum atomic E-state index is -1.83. The highest BCUT2D eigenvalue weighted by Crippen LogP contribution is 1.92. The van der Waals surface area contributed by atoms with Crippen LogP contribution in [0.3, 0.4) is 0 Å².